The molecule has 1 atom stereocenters. The molecule has 0 radical (unpaired) electrons. The van der Waals surface area contributed by atoms with Crippen molar-refractivity contribution in [3.63, 3.8) is 0 Å². The number of allylic oxidation sites excluding steroid dienone is 1. The Hall–Kier alpha value is -1.04. The van der Waals surface area contributed by atoms with Crippen LogP contribution in [-0.4, -0.2) is 0 Å². The highest BCUT2D eigenvalue weighted by Crippen LogP contribution is 2.51. The Morgan fingerprint density at radius 2 is 1.82 bits per heavy atom. The number of hydrogen-bond donors (Lipinski definition) is 0. The molecule has 0 bridgehead atoms. The second-order valence-electron chi connectivity index (χ2n) is 3.48. The van der Waals surface area contributed by atoms with E-state index < -0.39 is 0 Å². The molecule has 0 aromatic heterocycles. The summed E-state index contributed by atoms with van der Waals surface area (Å²) < 4.78 is 0. The van der Waals surface area contributed by atoms with Gasteiger partial charge in [-0.3, -0.25) is 0 Å². The standard InChI is InChI=1S/C11H12/c1-9-8-11(9,2)10-6-4-3-5-7-10/h3-7H,1,8H2,2H3/t11-/m0/s1. The number of benzene rings is 1. The van der Waals surface area contributed by atoms with Crippen molar-refractivity contribution in [1.82, 2.24) is 0 Å². The third kappa shape index (κ3) is 0.900. The van der Waals surface area contributed by atoms with Gasteiger partial charge in [0.25, 0.3) is 0 Å². The molecule has 0 unspecified atom stereocenters. The summed E-state index contributed by atoms with van der Waals surface area (Å²) in [5.41, 5.74) is 3.08. The van der Waals surface area contributed by atoms with Gasteiger partial charge in [0.15, 0.2) is 0 Å². The second kappa shape index (κ2) is 1.97. The maximum absolute atomic E-state index is 4.00. The van der Waals surface area contributed by atoms with Crippen LogP contribution in [0.4, 0.5) is 0 Å². The van der Waals surface area contributed by atoms with Crippen molar-refractivity contribution in [3.8, 4) is 0 Å². The van der Waals surface area contributed by atoms with Crippen LogP contribution in [0.5, 0.6) is 0 Å². The molecule has 0 N–H and O–H groups in total. The molecule has 0 spiro atoms. The van der Waals surface area contributed by atoms with Gasteiger partial charge in [0, 0.05) is 5.41 Å². The maximum Gasteiger partial charge on any atom is 0.0168 e. The summed E-state index contributed by atoms with van der Waals surface area (Å²) in [7, 11) is 0. The summed E-state index contributed by atoms with van der Waals surface area (Å²) in [6, 6.07) is 10.6. The first-order valence-corrected chi connectivity index (χ1v) is 3.97. The topological polar surface area (TPSA) is 0 Å². The van der Waals surface area contributed by atoms with Crippen LogP contribution in [0.25, 0.3) is 0 Å². The van der Waals surface area contributed by atoms with Crippen LogP contribution in [-0.2, 0) is 5.41 Å². The molecule has 1 aromatic rings. The molecule has 0 heteroatoms. The monoisotopic (exact) mass is 144 g/mol. The molecule has 1 aromatic carbocycles. The highest BCUT2D eigenvalue weighted by molar-refractivity contribution is 5.46. The van der Waals surface area contributed by atoms with Crippen molar-refractivity contribution >= 4 is 0 Å². The lowest BCUT2D eigenvalue weighted by atomic mass is 9.98. The van der Waals surface area contributed by atoms with Crippen molar-refractivity contribution in [2.45, 2.75) is 18.8 Å². The van der Waals surface area contributed by atoms with Crippen molar-refractivity contribution in [2.24, 2.45) is 0 Å². The van der Waals surface area contributed by atoms with Gasteiger partial charge in [-0.25, -0.2) is 0 Å². The largest absolute Gasteiger partial charge is 0.0989 e. The van der Waals surface area contributed by atoms with Gasteiger partial charge in [-0.15, -0.1) is 0 Å². The van der Waals surface area contributed by atoms with Crippen LogP contribution < -0.4 is 0 Å². The molecule has 0 heterocycles. The van der Waals surface area contributed by atoms with E-state index in [0.29, 0.717) is 5.41 Å². The highest BCUT2D eigenvalue weighted by atomic mass is 14.5. The van der Waals surface area contributed by atoms with Gasteiger partial charge in [-0.1, -0.05) is 49.4 Å². The lowest BCUT2D eigenvalue weighted by Gasteiger charge is -2.06. The molecule has 2 rings (SSSR count). The fourth-order valence-corrected chi connectivity index (χ4v) is 1.49. The van der Waals surface area contributed by atoms with E-state index in [2.05, 4.69) is 43.8 Å². The van der Waals surface area contributed by atoms with Crippen LogP contribution in [0.3, 0.4) is 0 Å². The molecule has 11 heavy (non-hydrogen) atoms. The second-order valence-corrected chi connectivity index (χ2v) is 3.48. The van der Waals surface area contributed by atoms with E-state index in [1.165, 1.54) is 11.1 Å². The Morgan fingerprint density at radius 3 is 2.27 bits per heavy atom. The van der Waals surface area contributed by atoms with Crippen LogP contribution in [0, 0.1) is 0 Å². The predicted molar refractivity (Wildman–Crippen MR) is 47.6 cm³/mol. The summed E-state index contributed by atoms with van der Waals surface area (Å²) in [6.07, 6.45) is 1.16. The summed E-state index contributed by atoms with van der Waals surface area (Å²) in [4.78, 5) is 0. The normalized spacial score (nSPS) is 28.6. The Morgan fingerprint density at radius 1 is 1.27 bits per heavy atom. The minimum absolute atomic E-state index is 0.307. The lowest BCUT2D eigenvalue weighted by molar-refractivity contribution is 0.822. The quantitative estimate of drug-likeness (QED) is 0.532. The first-order chi connectivity index (χ1) is 5.23. The minimum atomic E-state index is 0.307. The van der Waals surface area contributed by atoms with Crippen LogP contribution >= 0.6 is 0 Å². The molecule has 0 amide bonds. The molecule has 1 saturated carbocycles. The van der Waals surface area contributed by atoms with Crippen LogP contribution in [0.15, 0.2) is 42.5 Å². The SMILES string of the molecule is C=C1C[C@]1(C)c1ccccc1. The predicted octanol–water partition coefficient (Wildman–Crippen LogP) is 2.90. The fraction of sp³-hybridized carbons (Fsp3) is 0.273. The molecule has 0 saturated heterocycles. The molecule has 0 nitrogen and oxygen atoms in total. The Balaban J connectivity index is 2.39. The summed E-state index contributed by atoms with van der Waals surface area (Å²) in [5.74, 6) is 0. The van der Waals surface area contributed by atoms with Crippen molar-refractivity contribution in [3.05, 3.63) is 48.0 Å². The zero-order valence-corrected chi connectivity index (χ0v) is 6.80. The smallest absolute Gasteiger partial charge is 0.0168 e. The zero-order chi connectivity index (χ0) is 7.90. The van der Waals surface area contributed by atoms with E-state index in [4.69, 9.17) is 0 Å². The van der Waals surface area contributed by atoms with Crippen molar-refractivity contribution < 1.29 is 0 Å². The van der Waals surface area contributed by atoms with E-state index >= 15 is 0 Å². The molecular formula is C11H12. The average molecular weight is 144 g/mol. The van der Waals surface area contributed by atoms with Gasteiger partial charge >= 0.3 is 0 Å². The van der Waals surface area contributed by atoms with Gasteiger partial charge in [0.05, 0.1) is 0 Å². The van der Waals surface area contributed by atoms with E-state index in [1.54, 1.807) is 0 Å². The third-order valence-corrected chi connectivity index (χ3v) is 2.63. The lowest BCUT2D eigenvalue weighted by Crippen LogP contribution is -1.98. The van der Waals surface area contributed by atoms with Gasteiger partial charge in [0.2, 0.25) is 0 Å². The number of hydrogen-bond acceptors (Lipinski definition) is 0. The van der Waals surface area contributed by atoms with Gasteiger partial charge in [0.1, 0.15) is 0 Å². The Bertz CT molecular complexity index is 284. The molecule has 0 aliphatic heterocycles. The average Bonchev–Trinajstić information content (AvgIpc) is 2.64. The number of rotatable bonds is 1. The Labute approximate surface area is 67.6 Å². The molecule has 56 valence electrons. The van der Waals surface area contributed by atoms with E-state index in [1.807, 2.05) is 0 Å². The first-order valence-electron chi connectivity index (χ1n) is 3.97. The molecular weight excluding hydrogens is 132 g/mol. The molecule has 1 fully saturated rings. The van der Waals surface area contributed by atoms with Crippen LogP contribution in [0.1, 0.15) is 18.9 Å². The van der Waals surface area contributed by atoms with Crippen molar-refractivity contribution in [1.29, 1.82) is 0 Å². The van der Waals surface area contributed by atoms with Gasteiger partial charge in [-0.2, -0.15) is 0 Å². The van der Waals surface area contributed by atoms with Gasteiger partial charge in [-0.05, 0) is 12.0 Å². The third-order valence-electron chi connectivity index (χ3n) is 2.63. The first kappa shape index (κ1) is 6.66. The molecule has 1 aliphatic carbocycles. The fourth-order valence-electron chi connectivity index (χ4n) is 1.49. The highest BCUT2D eigenvalue weighted by Gasteiger charge is 2.43. The van der Waals surface area contributed by atoms with Crippen LogP contribution in [0.2, 0.25) is 0 Å². The summed E-state index contributed by atoms with van der Waals surface area (Å²) in [6.45, 7) is 6.25. The maximum atomic E-state index is 4.00. The minimum Gasteiger partial charge on any atom is -0.0989 e. The van der Waals surface area contributed by atoms with Crippen molar-refractivity contribution in [2.75, 3.05) is 0 Å². The van der Waals surface area contributed by atoms with E-state index in [0.717, 1.165) is 6.42 Å². The Kier molecular flexibility index (Phi) is 1.19. The summed E-state index contributed by atoms with van der Waals surface area (Å²) in [5, 5.41) is 0. The van der Waals surface area contributed by atoms with E-state index in [-0.39, 0.29) is 0 Å². The molecule has 1 aliphatic rings. The van der Waals surface area contributed by atoms with E-state index in [9.17, 15) is 0 Å². The zero-order valence-electron chi connectivity index (χ0n) is 6.80. The summed E-state index contributed by atoms with van der Waals surface area (Å²) >= 11 is 0. The van der Waals surface area contributed by atoms with Gasteiger partial charge < -0.3 is 0 Å².